The van der Waals surface area contributed by atoms with E-state index in [1.54, 1.807) is 0 Å². The Balaban J connectivity index is 1.52. The summed E-state index contributed by atoms with van der Waals surface area (Å²) in [5.74, 6) is 0. The zero-order chi connectivity index (χ0) is 14.5. The fourth-order valence-corrected chi connectivity index (χ4v) is 2.62. The van der Waals surface area contributed by atoms with E-state index in [9.17, 15) is 0 Å². The van der Waals surface area contributed by atoms with Gasteiger partial charge in [0.2, 0.25) is 0 Å². The number of benzene rings is 1. The molecule has 0 aliphatic carbocycles. The molecular weight excluding hydrogens is 262 g/mol. The molecule has 0 radical (unpaired) electrons. The lowest BCUT2D eigenvalue weighted by Gasteiger charge is -2.26. The highest BCUT2D eigenvalue weighted by Gasteiger charge is 2.10. The zero-order valence-electron chi connectivity index (χ0n) is 12.6. The third-order valence-electron chi connectivity index (χ3n) is 3.99. The maximum absolute atomic E-state index is 5.38. The van der Waals surface area contributed by atoms with Crippen LogP contribution in [0.25, 0.3) is 0 Å². The smallest absolute Gasteiger partial charge is 0.0594 e. The maximum Gasteiger partial charge on any atom is 0.0594 e. The standard InChI is InChI=1S/C17H23N3O/c1-19-8-2-3-17(19)13-18-16-6-4-15(5-7-16)14-20-9-11-21-12-10-20/h2-8,18H,9-14H2,1H3. The molecule has 3 rings (SSSR count). The van der Waals surface area contributed by atoms with E-state index >= 15 is 0 Å². The molecule has 0 atom stereocenters. The zero-order valence-corrected chi connectivity index (χ0v) is 12.6. The second kappa shape index (κ2) is 6.78. The van der Waals surface area contributed by atoms with Gasteiger partial charge in [0, 0.05) is 44.3 Å². The van der Waals surface area contributed by atoms with Gasteiger partial charge in [-0.15, -0.1) is 0 Å². The number of hydrogen-bond donors (Lipinski definition) is 1. The number of anilines is 1. The van der Waals surface area contributed by atoms with E-state index in [0.29, 0.717) is 0 Å². The molecule has 1 aliphatic rings. The largest absolute Gasteiger partial charge is 0.379 e. The predicted octanol–water partition coefficient (Wildman–Crippen LogP) is 2.47. The molecule has 0 saturated carbocycles. The SMILES string of the molecule is Cn1cccc1CNc1ccc(CN2CCOCC2)cc1. The molecule has 1 fully saturated rings. The summed E-state index contributed by atoms with van der Waals surface area (Å²) < 4.78 is 7.52. The van der Waals surface area contributed by atoms with Gasteiger partial charge in [0.25, 0.3) is 0 Å². The molecule has 2 heterocycles. The molecule has 112 valence electrons. The first-order valence-corrected chi connectivity index (χ1v) is 7.54. The Morgan fingerprint density at radius 3 is 2.52 bits per heavy atom. The van der Waals surface area contributed by atoms with Crippen LogP contribution in [0.15, 0.2) is 42.6 Å². The normalized spacial score (nSPS) is 16.0. The maximum atomic E-state index is 5.38. The van der Waals surface area contributed by atoms with Gasteiger partial charge in [-0.25, -0.2) is 0 Å². The van der Waals surface area contributed by atoms with Crippen molar-refractivity contribution < 1.29 is 4.74 Å². The highest BCUT2D eigenvalue weighted by atomic mass is 16.5. The van der Waals surface area contributed by atoms with Crippen LogP contribution in [0.3, 0.4) is 0 Å². The summed E-state index contributed by atoms with van der Waals surface area (Å²) >= 11 is 0. The minimum Gasteiger partial charge on any atom is -0.379 e. The van der Waals surface area contributed by atoms with Crippen LogP contribution in [0.1, 0.15) is 11.3 Å². The Bertz CT molecular complexity index is 556. The van der Waals surface area contributed by atoms with Crippen molar-refractivity contribution in [3.05, 3.63) is 53.9 Å². The second-order valence-electron chi connectivity index (χ2n) is 5.55. The lowest BCUT2D eigenvalue weighted by atomic mass is 10.2. The van der Waals surface area contributed by atoms with Gasteiger partial charge in [-0.1, -0.05) is 12.1 Å². The Labute approximate surface area is 126 Å². The van der Waals surface area contributed by atoms with Gasteiger partial charge >= 0.3 is 0 Å². The lowest BCUT2D eigenvalue weighted by Crippen LogP contribution is -2.35. The number of morpholine rings is 1. The van der Waals surface area contributed by atoms with Crippen molar-refractivity contribution in [2.75, 3.05) is 31.6 Å². The summed E-state index contributed by atoms with van der Waals surface area (Å²) in [5.41, 5.74) is 3.82. The minimum absolute atomic E-state index is 0.853. The molecule has 4 heteroatoms. The number of nitrogens with zero attached hydrogens (tertiary/aromatic N) is 2. The van der Waals surface area contributed by atoms with E-state index in [2.05, 4.69) is 64.4 Å². The Morgan fingerprint density at radius 2 is 1.86 bits per heavy atom. The van der Waals surface area contributed by atoms with Gasteiger partial charge in [-0.2, -0.15) is 0 Å². The van der Waals surface area contributed by atoms with Crippen molar-refractivity contribution >= 4 is 5.69 Å². The third-order valence-corrected chi connectivity index (χ3v) is 3.99. The molecule has 1 N–H and O–H groups in total. The van der Waals surface area contributed by atoms with Gasteiger partial charge in [-0.3, -0.25) is 4.90 Å². The molecule has 1 aromatic heterocycles. The first-order chi connectivity index (χ1) is 10.3. The van der Waals surface area contributed by atoms with E-state index < -0.39 is 0 Å². The molecule has 0 amide bonds. The van der Waals surface area contributed by atoms with Crippen LogP contribution in [0.2, 0.25) is 0 Å². The van der Waals surface area contributed by atoms with Gasteiger partial charge in [-0.05, 0) is 29.8 Å². The van der Waals surface area contributed by atoms with Crippen LogP contribution < -0.4 is 5.32 Å². The van der Waals surface area contributed by atoms with E-state index in [4.69, 9.17) is 4.74 Å². The van der Waals surface area contributed by atoms with E-state index in [1.807, 2.05) is 0 Å². The molecule has 1 aromatic carbocycles. The lowest BCUT2D eigenvalue weighted by molar-refractivity contribution is 0.0342. The van der Waals surface area contributed by atoms with Crippen molar-refractivity contribution in [3.8, 4) is 0 Å². The van der Waals surface area contributed by atoms with E-state index in [0.717, 1.165) is 39.4 Å². The summed E-state index contributed by atoms with van der Waals surface area (Å²) in [4.78, 5) is 2.44. The van der Waals surface area contributed by atoms with Crippen LogP contribution in [-0.2, 0) is 24.9 Å². The first kappa shape index (κ1) is 14.2. The van der Waals surface area contributed by atoms with Crippen molar-refractivity contribution in [2.45, 2.75) is 13.1 Å². The van der Waals surface area contributed by atoms with Gasteiger partial charge in [0.05, 0.1) is 19.8 Å². The summed E-state index contributed by atoms with van der Waals surface area (Å²) in [6.45, 7) is 5.65. The van der Waals surface area contributed by atoms with Crippen LogP contribution in [-0.4, -0.2) is 35.8 Å². The summed E-state index contributed by atoms with van der Waals surface area (Å²) in [7, 11) is 2.07. The highest BCUT2D eigenvalue weighted by molar-refractivity contribution is 5.44. The molecule has 0 bridgehead atoms. The number of nitrogens with one attached hydrogen (secondary N) is 1. The number of rotatable bonds is 5. The Kier molecular flexibility index (Phi) is 4.58. The average molecular weight is 285 g/mol. The Hall–Kier alpha value is -1.78. The minimum atomic E-state index is 0.853. The molecule has 1 saturated heterocycles. The van der Waals surface area contributed by atoms with Crippen molar-refractivity contribution in [1.29, 1.82) is 0 Å². The summed E-state index contributed by atoms with van der Waals surface area (Å²) in [6.07, 6.45) is 2.07. The number of ether oxygens (including phenoxy) is 1. The van der Waals surface area contributed by atoms with Crippen molar-refractivity contribution in [2.24, 2.45) is 7.05 Å². The fourth-order valence-electron chi connectivity index (χ4n) is 2.62. The average Bonchev–Trinajstić information content (AvgIpc) is 2.93. The quantitative estimate of drug-likeness (QED) is 0.915. The summed E-state index contributed by atoms with van der Waals surface area (Å²) in [5, 5.41) is 3.46. The first-order valence-electron chi connectivity index (χ1n) is 7.54. The molecule has 21 heavy (non-hydrogen) atoms. The van der Waals surface area contributed by atoms with Crippen LogP contribution in [0.4, 0.5) is 5.69 Å². The molecule has 0 unspecified atom stereocenters. The van der Waals surface area contributed by atoms with E-state index in [-0.39, 0.29) is 0 Å². The van der Waals surface area contributed by atoms with E-state index in [1.165, 1.54) is 16.9 Å². The molecule has 2 aromatic rings. The van der Waals surface area contributed by atoms with Gasteiger partial charge < -0.3 is 14.6 Å². The van der Waals surface area contributed by atoms with Gasteiger partial charge in [0.1, 0.15) is 0 Å². The molecule has 1 aliphatic heterocycles. The van der Waals surface area contributed by atoms with Crippen LogP contribution >= 0.6 is 0 Å². The topological polar surface area (TPSA) is 29.4 Å². The third kappa shape index (κ3) is 3.86. The predicted molar refractivity (Wildman–Crippen MR) is 85.3 cm³/mol. The Morgan fingerprint density at radius 1 is 1.10 bits per heavy atom. The number of aromatic nitrogens is 1. The van der Waals surface area contributed by atoms with Gasteiger partial charge in [0.15, 0.2) is 0 Å². The second-order valence-corrected chi connectivity index (χ2v) is 5.55. The van der Waals surface area contributed by atoms with Crippen molar-refractivity contribution in [1.82, 2.24) is 9.47 Å². The van der Waals surface area contributed by atoms with Crippen LogP contribution in [0, 0.1) is 0 Å². The number of aryl methyl sites for hydroxylation is 1. The molecule has 0 spiro atoms. The fraction of sp³-hybridized carbons (Fsp3) is 0.412. The molecule has 4 nitrogen and oxygen atoms in total. The van der Waals surface area contributed by atoms with Crippen LogP contribution in [0.5, 0.6) is 0 Å². The highest BCUT2D eigenvalue weighted by Crippen LogP contribution is 2.13. The van der Waals surface area contributed by atoms with Crippen molar-refractivity contribution in [3.63, 3.8) is 0 Å². The number of hydrogen-bond acceptors (Lipinski definition) is 3. The summed E-state index contributed by atoms with van der Waals surface area (Å²) in [6, 6.07) is 13.0. The monoisotopic (exact) mass is 285 g/mol. The molecular formula is C17H23N3O.